The van der Waals surface area contributed by atoms with Crippen LogP contribution in [0, 0.1) is 19.9 Å². The smallest absolute Gasteiger partial charge is 0.853 e. The second kappa shape index (κ2) is 12.6. The molecule has 0 fully saturated rings. The molecular weight excluding hydrogens is 318 g/mol. The predicted octanol–water partition coefficient (Wildman–Crippen LogP) is -3.09. The molecule has 2 nitrogen and oxygen atoms in total. The number of rotatable bonds is 2. The molecule has 1 N–H and O–H groups in total. The van der Waals surface area contributed by atoms with E-state index in [2.05, 4.69) is 22.0 Å². The van der Waals surface area contributed by atoms with Crippen LogP contribution in [0.5, 0.6) is 0 Å². The van der Waals surface area contributed by atoms with Gasteiger partial charge in [-0.15, -0.1) is 6.61 Å². The zero-order valence-corrected chi connectivity index (χ0v) is 14.7. The van der Waals surface area contributed by atoms with Gasteiger partial charge in [0.1, 0.15) is 0 Å². The minimum atomic E-state index is -0.166. The van der Waals surface area contributed by atoms with Gasteiger partial charge in [-0.25, -0.2) is 0 Å². The van der Waals surface area contributed by atoms with Crippen molar-refractivity contribution in [2.24, 2.45) is 0 Å². The zero-order valence-electron chi connectivity index (χ0n) is 13.1. The largest absolute Gasteiger partial charge is 1.00 e. The molecule has 0 aliphatic heterocycles. The number of hydrogen-bond acceptors (Lipinski definition) is 2. The fourth-order valence-electron chi connectivity index (χ4n) is 1.41. The molecule has 0 saturated heterocycles. The van der Waals surface area contributed by atoms with Crippen LogP contribution in [0.15, 0.2) is 40.9 Å². The quantitative estimate of drug-likeness (QED) is 0.467. The van der Waals surface area contributed by atoms with Crippen LogP contribution in [0.2, 0.25) is 0 Å². The number of aliphatic hydroxyl groups is 1. The van der Waals surface area contributed by atoms with Crippen molar-refractivity contribution in [3.63, 3.8) is 0 Å². The molecule has 0 amide bonds. The Bertz CT molecular complexity index is 516. The van der Waals surface area contributed by atoms with Crippen LogP contribution < -0.4 is 42.8 Å². The van der Waals surface area contributed by atoms with E-state index < -0.39 is 0 Å². The first kappa shape index (κ1) is 23.3. The Morgan fingerprint density at radius 2 is 1.71 bits per heavy atom. The van der Waals surface area contributed by atoms with Gasteiger partial charge in [-0.1, -0.05) is 35.0 Å². The van der Waals surface area contributed by atoms with Crippen molar-refractivity contribution in [1.29, 1.82) is 0 Å². The predicted molar refractivity (Wildman–Crippen MR) is 78.5 cm³/mol. The summed E-state index contributed by atoms with van der Waals surface area (Å²) in [6.45, 7) is 3.93. The maximum atomic E-state index is 10.2. The van der Waals surface area contributed by atoms with Crippen molar-refractivity contribution >= 4 is 15.9 Å². The van der Waals surface area contributed by atoms with Crippen molar-refractivity contribution in [3.8, 4) is 0 Å². The fraction of sp³-hybridized carbons (Fsp3) is 0.250. The number of halogens is 1. The Morgan fingerprint density at radius 3 is 2.14 bits per heavy atom. The molecule has 0 aromatic heterocycles. The summed E-state index contributed by atoms with van der Waals surface area (Å²) in [7, 11) is 0. The topological polar surface area (TPSA) is 43.3 Å². The molecule has 2 aromatic carbocycles. The van der Waals surface area contributed by atoms with Crippen molar-refractivity contribution in [2.45, 2.75) is 27.1 Å². The number of aryl methyl sites for hydroxylation is 2. The van der Waals surface area contributed by atoms with Gasteiger partial charge < -0.3 is 10.2 Å². The molecule has 0 aliphatic carbocycles. The molecule has 5 heteroatoms. The summed E-state index contributed by atoms with van der Waals surface area (Å²) < 4.78 is 0.981. The van der Waals surface area contributed by atoms with Gasteiger partial charge in [0.25, 0.3) is 0 Å². The van der Waals surface area contributed by atoms with Crippen LogP contribution in [0.4, 0.5) is 0 Å². The zero-order chi connectivity index (χ0) is 14.3. The molecule has 0 spiro atoms. The molecule has 102 valence electrons. The monoisotopic (exact) mass is 334 g/mol. The van der Waals surface area contributed by atoms with E-state index in [0.717, 1.165) is 21.2 Å². The van der Waals surface area contributed by atoms with Gasteiger partial charge in [0, 0.05) is 4.47 Å². The number of hydrogen-bond donors (Lipinski definition) is 1. The van der Waals surface area contributed by atoms with E-state index in [4.69, 9.17) is 5.11 Å². The van der Waals surface area contributed by atoms with Crippen LogP contribution >= 0.6 is 15.9 Å². The Labute approximate surface area is 159 Å². The average Bonchev–Trinajstić information content (AvgIpc) is 2.40. The maximum absolute atomic E-state index is 10.2. The van der Waals surface area contributed by atoms with E-state index in [9.17, 15) is 5.11 Å². The van der Waals surface area contributed by atoms with Crippen LogP contribution in [0.25, 0.3) is 0 Å². The Morgan fingerprint density at radius 1 is 1.10 bits per heavy atom. The van der Waals surface area contributed by atoms with Gasteiger partial charge in [0.05, 0.1) is 6.61 Å². The van der Waals surface area contributed by atoms with Crippen LogP contribution in [-0.4, -0.2) is 5.11 Å². The van der Waals surface area contributed by atoms with E-state index in [1.165, 1.54) is 5.56 Å². The number of aliphatic hydroxyl groups excluding tert-OH is 1. The van der Waals surface area contributed by atoms with E-state index in [1.54, 1.807) is 0 Å². The normalized spacial score (nSPS) is 8.81. The van der Waals surface area contributed by atoms with Gasteiger partial charge >= 0.3 is 37.7 Å². The van der Waals surface area contributed by atoms with Crippen molar-refractivity contribution < 1.29 is 47.9 Å². The van der Waals surface area contributed by atoms with Gasteiger partial charge in [-0.2, -0.15) is 35.4 Å². The first-order valence-corrected chi connectivity index (χ1v) is 6.77. The molecule has 0 heterocycles. The molecule has 0 unspecified atom stereocenters. The average molecular weight is 335 g/mol. The van der Waals surface area contributed by atoms with Crippen molar-refractivity contribution in [1.82, 2.24) is 0 Å². The molecule has 0 atom stereocenters. The van der Waals surface area contributed by atoms with E-state index >= 15 is 0 Å². The molecule has 21 heavy (non-hydrogen) atoms. The standard InChI is InChI=1S/C8H9BrO.C8H8O.2Li/c1-6-2-3-7(5-10)8(9)4-6;1-7-2-4-8(6-9)5-3-7;;/h2-4,10H,5H2,1H3;2-4H,6H2,1H3;;/q;-2;2*+1. The summed E-state index contributed by atoms with van der Waals surface area (Å²) in [4.78, 5) is 0. The van der Waals surface area contributed by atoms with Crippen LogP contribution in [-0.2, 0) is 13.2 Å². The summed E-state index contributed by atoms with van der Waals surface area (Å²) in [6, 6.07) is 14.3. The minimum absolute atomic E-state index is 0. The van der Waals surface area contributed by atoms with E-state index in [1.807, 2.05) is 50.2 Å². The molecule has 2 rings (SSSR count). The first-order valence-electron chi connectivity index (χ1n) is 5.98. The van der Waals surface area contributed by atoms with E-state index in [-0.39, 0.29) is 50.9 Å². The van der Waals surface area contributed by atoms with Gasteiger partial charge in [0.15, 0.2) is 0 Å². The fourth-order valence-corrected chi connectivity index (χ4v) is 2.02. The summed E-state index contributed by atoms with van der Waals surface area (Å²) >= 11 is 3.35. The Balaban J connectivity index is 0. The molecule has 2 aromatic rings. The Hall–Kier alpha value is 0.0348. The summed E-state index contributed by atoms with van der Waals surface area (Å²) in [5.74, 6) is 0. The third kappa shape index (κ3) is 8.92. The third-order valence-corrected chi connectivity index (χ3v) is 3.31. The maximum Gasteiger partial charge on any atom is 1.00 e. The SMILES string of the molecule is Cc1c[c-]c(C[O-])cc1.Cc1ccc(CO)c(Br)c1.[Li+].[Li+]. The summed E-state index contributed by atoms with van der Waals surface area (Å²) in [6.07, 6.45) is 0. The molecule has 0 saturated carbocycles. The van der Waals surface area contributed by atoms with Crippen molar-refractivity contribution in [3.05, 3.63) is 69.2 Å². The Kier molecular flexibility index (Phi) is 13.9. The molecular formula is C16H17BrLi2O2. The minimum Gasteiger partial charge on any atom is -0.853 e. The van der Waals surface area contributed by atoms with Gasteiger partial charge in [0.2, 0.25) is 0 Å². The van der Waals surface area contributed by atoms with Crippen molar-refractivity contribution in [2.75, 3.05) is 0 Å². The van der Waals surface area contributed by atoms with Crippen LogP contribution in [0.1, 0.15) is 22.3 Å². The first-order chi connectivity index (χ1) is 9.06. The number of benzene rings is 2. The van der Waals surface area contributed by atoms with Crippen LogP contribution in [0.3, 0.4) is 0 Å². The summed E-state index contributed by atoms with van der Waals surface area (Å²) in [5.41, 5.74) is 4.02. The van der Waals surface area contributed by atoms with Gasteiger partial charge in [-0.3, -0.25) is 0 Å². The molecule has 0 radical (unpaired) electrons. The molecule has 0 bridgehead atoms. The second-order valence-electron chi connectivity index (χ2n) is 4.29. The van der Waals surface area contributed by atoms with Gasteiger partial charge in [-0.05, 0) is 24.1 Å². The molecule has 0 aliphatic rings. The third-order valence-electron chi connectivity index (χ3n) is 2.57. The van der Waals surface area contributed by atoms with E-state index in [0.29, 0.717) is 0 Å². The second-order valence-corrected chi connectivity index (χ2v) is 5.14. The summed E-state index contributed by atoms with van der Waals surface area (Å²) in [5, 5.41) is 19.0.